The minimum Gasteiger partial charge on any atom is -0.425 e. The Morgan fingerprint density at radius 2 is 1.09 bits per heavy atom. The van der Waals surface area contributed by atoms with Crippen LogP contribution in [0.1, 0.15) is 63.7 Å². The van der Waals surface area contributed by atoms with E-state index in [1.54, 1.807) is 6.07 Å². The van der Waals surface area contributed by atoms with Crippen molar-refractivity contribution in [3.63, 3.8) is 0 Å². The molecule has 0 bridgehead atoms. The Balaban J connectivity index is 3.02. The smallest absolute Gasteiger partial charge is 0.315 e. The Labute approximate surface area is 286 Å². The molecule has 0 heterocycles. The van der Waals surface area contributed by atoms with Crippen molar-refractivity contribution in [2.45, 2.75) is 53.4 Å². The fourth-order valence-corrected chi connectivity index (χ4v) is 7.59. The number of ketones is 4. The number of thioether (sulfide) groups is 3. The molecular formula is C31H39NO10S4. The van der Waals surface area contributed by atoms with Gasteiger partial charge >= 0.3 is 5.97 Å². The van der Waals surface area contributed by atoms with Gasteiger partial charge in [0.05, 0.1) is 17.4 Å². The molecule has 15 heteroatoms. The average Bonchev–Trinajstić information content (AvgIpc) is 2.97. The molecule has 4 unspecified atom stereocenters. The van der Waals surface area contributed by atoms with Crippen LogP contribution < -0.4 is 10.5 Å². The molecule has 0 aliphatic carbocycles. The Kier molecular flexibility index (Phi) is 19.0. The predicted molar refractivity (Wildman–Crippen MR) is 182 cm³/mol. The number of amides is 1. The molecule has 1 rings (SSSR count). The minimum atomic E-state index is -1.01. The van der Waals surface area contributed by atoms with Crippen molar-refractivity contribution in [2.24, 2.45) is 29.4 Å². The Hall–Kier alpha value is -2.75. The van der Waals surface area contributed by atoms with Crippen molar-refractivity contribution in [2.75, 3.05) is 23.0 Å². The van der Waals surface area contributed by atoms with E-state index >= 15 is 0 Å². The number of ether oxygens (including phenoxy) is 1. The van der Waals surface area contributed by atoms with E-state index in [1.807, 2.05) is 0 Å². The fourth-order valence-electron chi connectivity index (χ4n) is 4.04. The van der Waals surface area contributed by atoms with Crippen LogP contribution in [0.5, 0.6) is 5.75 Å². The van der Waals surface area contributed by atoms with E-state index in [1.165, 1.54) is 45.9 Å². The van der Waals surface area contributed by atoms with Crippen LogP contribution in [0.25, 0.3) is 0 Å². The molecule has 4 atom stereocenters. The maximum atomic E-state index is 13.2. The topological polar surface area (TPSA) is 189 Å². The molecule has 0 aromatic heterocycles. The summed E-state index contributed by atoms with van der Waals surface area (Å²) < 4.78 is 5.54. The summed E-state index contributed by atoms with van der Waals surface area (Å²) in [5, 5.41) is -1.32. The molecule has 2 N–H and O–H groups in total. The third kappa shape index (κ3) is 15.7. The molecule has 1 aromatic carbocycles. The monoisotopic (exact) mass is 713 g/mol. The third-order valence-corrected chi connectivity index (χ3v) is 10.2. The number of hydrogen-bond donors (Lipinski definition) is 2. The van der Waals surface area contributed by atoms with Crippen molar-refractivity contribution in [3.8, 4) is 5.75 Å². The van der Waals surface area contributed by atoms with Crippen LogP contribution in [0.2, 0.25) is 0 Å². The van der Waals surface area contributed by atoms with Gasteiger partial charge < -0.3 is 29.6 Å². The van der Waals surface area contributed by atoms with E-state index in [0.717, 1.165) is 35.3 Å². The summed E-state index contributed by atoms with van der Waals surface area (Å²) in [6.45, 7) is 5.27. The zero-order valence-corrected chi connectivity index (χ0v) is 29.5. The molecule has 46 heavy (non-hydrogen) atoms. The van der Waals surface area contributed by atoms with Crippen molar-refractivity contribution >= 4 is 98.3 Å². The first kappa shape index (κ1) is 41.3. The van der Waals surface area contributed by atoms with Crippen molar-refractivity contribution in [1.82, 2.24) is 0 Å². The van der Waals surface area contributed by atoms with Gasteiger partial charge in [-0.15, -0.1) is 0 Å². The van der Waals surface area contributed by atoms with Gasteiger partial charge in [-0.05, 0) is 39.8 Å². The summed E-state index contributed by atoms with van der Waals surface area (Å²) in [4.78, 5) is 110. The summed E-state index contributed by atoms with van der Waals surface area (Å²) in [5.74, 6) is -6.13. The molecular weight excluding hydrogens is 675 g/mol. The maximum Gasteiger partial charge on any atom is 0.315 e. The zero-order chi connectivity index (χ0) is 35.0. The van der Waals surface area contributed by atoms with Crippen molar-refractivity contribution in [1.29, 1.82) is 0 Å². The highest BCUT2D eigenvalue weighted by atomic mass is 32.2. The van der Waals surface area contributed by atoms with Gasteiger partial charge in [0.25, 0.3) is 0 Å². The molecule has 0 fully saturated rings. The van der Waals surface area contributed by atoms with Crippen LogP contribution in [0.3, 0.4) is 0 Å². The third-order valence-electron chi connectivity index (χ3n) is 6.34. The second kappa shape index (κ2) is 21.2. The van der Waals surface area contributed by atoms with E-state index in [-0.39, 0.29) is 88.3 Å². The van der Waals surface area contributed by atoms with Gasteiger partial charge in [0, 0.05) is 60.5 Å². The first-order valence-corrected chi connectivity index (χ1v) is 17.8. The lowest BCUT2D eigenvalue weighted by Gasteiger charge is -2.17. The summed E-state index contributed by atoms with van der Waals surface area (Å²) in [5.41, 5.74) is 5.36. The highest BCUT2D eigenvalue weighted by molar-refractivity contribution is 8.15. The van der Waals surface area contributed by atoms with Gasteiger partial charge in [-0.2, -0.15) is 12.6 Å². The Bertz CT molecular complexity index is 1330. The fraction of sp³-hybridized carbons (Fsp3) is 0.516. The Morgan fingerprint density at radius 1 is 0.652 bits per heavy atom. The summed E-state index contributed by atoms with van der Waals surface area (Å²) in [6, 6.07) is 5.90. The summed E-state index contributed by atoms with van der Waals surface area (Å²) >= 11 is 6.46. The first-order chi connectivity index (χ1) is 21.5. The van der Waals surface area contributed by atoms with Gasteiger partial charge in [-0.25, -0.2) is 0 Å². The van der Waals surface area contributed by atoms with Crippen LogP contribution in [-0.2, 0) is 38.4 Å². The van der Waals surface area contributed by atoms with Crippen LogP contribution in [-0.4, -0.2) is 73.4 Å². The number of carbonyl (C=O) groups excluding carboxylic acids is 9. The molecule has 0 radical (unpaired) electrons. The van der Waals surface area contributed by atoms with E-state index < -0.39 is 45.8 Å². The molecule has 1 aromatic rings. The van der Waals surface area contributed by atoms with Crippen LogP contribution in [0.4, 0.5) is 0 Å². The standard InChI is InChI=1S/C31H39NO10S4/c1-17(33)9-21(13-43)29(39)45-15-23(11-19(3)35)28(38)42-26-8-6-5-7-25(26)31(41)46-16-24(12-20(4)36)30(40)44-14-22(27(32)37)10-18(2)34/h5-8,21-24,43H,9-16H2,1-4H3,(H2,32,37). The van der Waals surface area contributed by atoms with E-state index in [0.29, 0.717) is 0 Å². The number of hydrogen-bond acceptors (Lipinski definition) is 14. The van der Waals surface area contributed by atoms with Crippen LogP contribution >= 0.6 is 47.9 Å². The second-order valence-corrected chi connectivity index (χ2v) is 14.2. The lowest BCUT2D eigenvalue weighted by atomic mass is 10.1. The molecule has 0 aliphatic rings. The number of Topliss-reactive ketones (excluding diaryl/α,β-unsaturated/α-hetero) is 4. The maximum absolute atomic E-state index is 13.2. The number of nitrogens with two attached hydrogens (primary N) is 1. The zero-order valence-electron chi connectivity index (χ0n) is 26.1. The first-order valence-electron chi connectivity index (χ1n) is 14.2. The van der Waals surface area contributed by atoms with Gasteiger partial charge in [0.1, 0.15) is 28.9 Å². The quantitative estimate of drug-likeness (QED) is 0.107. The summed E-state index contributed by atoms with van der Waals surface area (Å²) in [7, 11) is 0. The molecule has 11 nitrogen and oxygen atoms in total. The number of para-hydroxylation sites is 1. The number of thiol groups is 1. The normalized spacial score (nSPS) is 13.5. The lowest BCUT2D eigenvalue weighted by molar-refractivity contribution is -0.140. The Morgan fingerprint density at radius 3 is 1.61 bits per heavy atom. The van der Waals surface area contributed by atoms with Gasteiger partial charge in [0.15, 0.2) is 10.2 Å². The molecule has 0 saturated carbocycles. The largest absolute Gasteiger partial charge is 0.425 e. The van der Waals surface area contributed by atoms with Gasteiger partial charge in [-0.1, -0.05) is 47.4 Å². The van der Waals surface area contributed by atoms with E-state index in [4.69, 9.17) is 10.5 Å². The van der Waals surface area contributed by atoms with Crippen LogP contribution in [0.15, 0.2) is 24.3 Å². The minimum absolute atomic E-state index is 0.00955. The van der Waals surface area contributed by atoms with Crippen molar-refractivity contribution < 1.29 is 47.9 Å². The molecule has 0 spiro atoms. The lowest BCUT2D eigenvalue weighted by Crippen LogP contribution is -2.28. The van der Waals surface area contributed by atoms with E-state index in [9.17, 15) is 43.2 Å². The number of esters is 1. The van der Waals surface area contributed by atoms with Crippen LogP contribution in [0, 0.1) is 23.7 Å². The molecule has 252 valence electrons. The number of benzene rings is 1. The van der Waals surface area contributed by atoms with Crippen molar-refractivity contribution in [3.05, 3.63) is 29.8 Å². The second-order valence-electron chi connectivity index (χ2n) is 10.8. The number of rotatable bonds is 21. The molecule has 0 saturated heterocycles. The predicted octanol–water partition coefficient (Wildman–Crippen LogP) is 3.78. The number of carbonyl (C=O) groups is 9. The number of primary amides is 1. The molecule has 1 amide bonds. The average molecular weight is 714 g/mol. The van der Waals surface area contributed by atoms with Gasteiger partial charge in [-0.3, -0.25) is 24.0 Å². The highest BCUT2D eigenvalue weighted by Gasteiger charge is 2.29. The highest BCUT2D eigenvalue weighted by Crippen LogP contribution is 2.29. The van der Waals surface area contributed by atoms with E-state index in [2.05, 4.69) is 12.6 Å². The van der Waals surface area contributed by atoms with Gasteiger partial charge in [0.2, 0.25) is 11.0 Å². The summed E-state index contributed by atoms with van der Waals surface area (Å²) in [6.07, 6.45) is -0.471. The molecule has 0 aliphatic heterocycles. The SMILES string of the molecule is CC(=O)CC(CSC(=O)C(CSC(=O)c1ccccc1OC(=O)C(CSC(=O)C(CS)CC(C)=O)CC(C)=O)CC(C)=O)C(N)=O.